The van der Waals surface area contributed by atoms with E-state index in [9.17, 15) is 4.79 Å². The van der Waals surface area contributed by atoms with Crippen LogP contribution in [0.1, 0.15) is 49.0 Å². The number of aromatic nitrogens is 2. The lowest BCUT2D eigenvalue weighted by atomic mass is 10.1. The molecule has 0 aliphatic carbocycles. The average molecular weight is 355 g/mol. The summed E-state index contributed by atoms with van der Waals surface area (Å²) in [6.45, 7) is 4.17. The first-order chi connectivity index (χ1) is 12.7. The molecule has 2 saturated heterocycles. The SMILES string of the molecule is Cn1nc(C(=O)NC2CCNCC2)c2ccc(N3CCCCCC3)cc21. The Balaban J connectivity index is 1.57. The number of hydrogen-bond donors (Lipinski definition) is 2. The van der Waals surface area contributed by atoms with E-state index in [2.05, 4.69) is 38.8 Å². The van der Waals surface area contributed by atoms with Crippen molar-refractivity contribution in [1.82, 2.24) is 20.4 Å². The molecule has 140 valence electrons. The molecule has 0 spiro atoms. The highest BCUT2D eigenvalue weighted by atomic mass is 16.2. The lowest BCUT2D eigenvalue weighted by Gasteiger charge is -2.23. The number of aryl methyl sites for hydroxylation is 1. The highest BCUT2D eigenvalue weighted by Crippen LogP contribution is 2.26. The van der Waals surface area contributed by atoms with Crippen molar-refractivity contribution in [2.75, 3.05) is 31.1 Å². The third-order valence-corrected chi connectivity index (χ3v) is 5.70. The second-order valence-electron chi connectivity index (χ2n) is 7.57. The Hall–Kier alpha value is -2.08. The predicted molar refractivity (Wildman–Crippen MR) is 105 cm³/mol. The van der Waals surface area contributed by atoms with Gasteiger partial charge in [0, 0.05) is 37.3 Å². The number of anilines is 1. The minimum atomic E-state index is -0.0509. The zero-order valence-electron chi connectivity index (χ0n) is 15.6. The first-order valence-corrected chi connectivity index (χ1v) is 9.95. The molecular weight excluding hydrogens is 326 g/mol. The van der Waals surface area contributed by atoms with Gasteiger partial charge in [0.1, 0.15) is 0 Å². The molecule has 2 aromatic rings. The molecule has 2 N–H and O–H groups in total. The van der Waals surface area contributed by atoms with Crippen LogP contribution in [0.25, 0.3) is 10.9 Å². The van der Waals surface area contributed by atoms with Crippen LogP contribution in [0, 0.1) is 0 Å². The van der Waals surface area contributed by atoms with Gasteiger partial charge in [-0.3, -0.25) is 9.48 Å². The maximum atomic E-state index is 12.8. The van der Waals surface area contributed by atoms with E-state index in [4.69, 9.17) is 0 Å². The van der Waals surface area contributed by atoms with Gasteiger partial charge in [-0.25, -0.2) is 0 Å². The number of hydrogen-bond acceptors (Lipinski definition) is 4. The smallest absolute Gasteiger partial charge is 0.272 e. The number of amides is 1. The van der Waals surface area contributed by atoms with Gasteiger partial charge in [-0.15, -0.1) is 0 Å². The zero-order chi connectivity index (χ0) is 17.9. The fourth-order valence-corrected chi connectivity index (χ4v) is 4.16. The molecule has 1 aromatic heterocycles. The number of rotatable bonds is 3. The molecule has 1 amide bonds. The van der Waals surface area contributed by atoms with Crippen molar-refractivity contribution >= 4 is 22.5 Å². The zero-order valence-corrected chi connectivity index (χ0v) is 15.6. The lowest BCUT2D eigenvalue weighted by Crippen LogP contribution is -2.42. The molecule has 0 bridgehead atoms. The summed E-state index contributed by atoms with van der Waals surface area (Å²) in [5, 5.41) is 12.0. The topological polar surface area (TPSA) is 62.2 Å². The predicted octanol–water partition coefficient (Wildman–Crippen LogP) is 2.44. The molecule has 6 nitrogen and oxygen atoms in total. The first kappa shape index (κ1) is 17.3. The van der Waals surface area contributed by atoms with Gasteiger partial charge in [0.25, 0.3) is 5.91 Å². The van der Waals surface area contributed by atoms with E-state index in [1.54, 1.807) is 0 Å². The van der Waals surface area contributed by atoms with Crippen molar-refractivity contribution in [3.05, 3.63) is 23.9 Å². The number of carbonyl (C=O) groups excluding carboxylic acids is 1. The lowest BCUT2D eigenvalue weighted by molar-refractivity contribution is 0.0925. The number of benzene rings is 1. The summed E-state index contributed by atoms with van der Waals surface area (Å²) >= 11 is 0. The standard InChI is InChI=1S/C20H29N5O/c1-24-18-14-16(25-12-4-2-3-5-13-25)6-7-17(18)19(23-24)20(26)22-15-8-10-21-11-9-15/h6-7,14-15,21H,2-5,8-13H2,1H3,(H,22,26). The molecule has 1 aromatic carbocycles. The van der Waals surface area contributed by atoms with Gasteiger partial charge in [0.05, 0.1) is 5.52 Å². The summed E-state index contributed by atoms with van der Waals surface area (Å²) in [6, 6.07) is 6.66. The van der Waals surface area contributed by atoms with E-state index in [1.807, 2.05) is 11.7 Å². The fraction of sp³-hybridized carbons (Fsp3) is 0.600. The van der Waals surface area contributed by atoms with Crippen LogP contribution in [-0.4, -0.2) is 47.9 Å². The summed E-state index contributed by atoms with van der Waals surface area (Å²) in [5.41, 5.74) is 2.82. The summed E-state index contributed by atoms with van der Waals surface area (Å²) in [5.74, 6) is -0.0509. The molecule has 2 aliphatic rings. The van der Waals surface area contributed by atoms with Crippen LogP contribution in [0.15, 0.2) is 18.2 Å². The van der Waals surface area contributed by atoms with E-state index in [0.29, 0.717) is 5.69 Å². The monoisotopic (exact) mass is 355 g/mol. The summed E-state index contributed by atoms with van der Waals surface area (Å²) in [6.07, 6.45) is 7.13. The highest BCUT2D eigenvalue weighted by molar-refractivity contribution is 6.05. The third-order valence-electron chi connectivity index (χ3n) is 5.70. The van der Waals surface area contributed by atoms with Crippen LogP contribution in [-0.2, 0) is 7.05 Å². The maximum absolute atomic E-state index is 12.8. The second kappa shape index (κ2) is 7.66. The fourth-order valence-electron chi connectivity index (χ4n) is 4.16. The van der Waals surface area contributed by atoms with E-state index < -0.39 is 0 Å². The van der Waals surface area contributed by atoms with Crippen molar-refractivity contribution in [3.63, 3.8) is 0 Å². The van der Waals surface area contributed by atoms with E-state index in [0.717, 1.165) is 49.9 Å². The molecule has 6 heteroatoms. The molecule has 2 fully saturated rings. The van der Waals surface area contributed by atoms with Gasteiger partial charge in [-0.1, -0.05) is 12.8 Å². The van der Waals surface area contributed by atoms with Gasteiger partial charge >= 0.3 is 0 Å². The normalized spacial score (nSPS) is 19.5. The molecule has 3 heterocycles. The van der Waals surface area contributed by atoms with E-state index in [-0.39, 0.29) is 11.9 Å². The van der Waals surface area contributed by atoms with Crippen LogP contribution < -0.4 is 15.5 Å². The van der Waals surface area contributed by atoms with E-state index >= 15 is 0 Å². The van der Waals surface area contributed by atoms with Crippen molar-refractivity contribution in [1.29, 1.82) is 0 Å². The maximum Gasteiger partial charge on any atom is 0.272 e. The van der Waals surface area contributed by atoms with Gasteiger partial charge < -0.3 is 15.5 Å². The molecular formula is C20H29N5O. The van der Waals surface area contributed by atoms with Crippen molar-refractivity contribution in [2.24, 2.45) is 7.05 Å². The van der Waals surface area contributed by atoms with Gasteiger partial charge in [-0.2, -0.15) is 5.10 Å². The number of nitrogens with zero attached hydrogens (tertiary/aromatic N) is 3. The van der Waals surface area contributed by atoms with Gasteiger partial charge in [0.15, 0.2) is 5.69 Å². The minimum absolute atomic E-state index is 0.0509. The van der Waals surface area contributed by atoms with E-state index in [1.165, 1.54) is 31.4 Å². The van der Waals surface area contributed by atoms with Crippen LogP contribution in [0.2, 0.25) is 0 Å². The summed E-state index contributed by atoms with van der Waals surface area (Å²) in [4.78, 5) is 15.2. The van der Waals surface area contributed by atoms with Crippen LogP contribution >= 0.6 is 0 Å². The van der Waals surface area contributed by atoms with Gasteiger partial charge in [-0.05, 0) is 57.0 Å². The summed E-state index contributed by atoms with van der Waals surface area (Å²) < 4.78 is 1.84. The Morgan fingerprint density at radius 2 is 1.88 bits per heavy atom. The Morgan fingerprint density at radius 3 is 2.62 bits per heavy atom. The third kappa shape index (κ3) is 3.56. The molecule has 0 unspecified atom stereocenters. The number of carbonyl (C=O) groups is 1. The van der Waals surface area contributed by atoms with Crippen LogP contribution in [0.3, 0.4) is 0 Å². The number of nitrogens with one attached hydrogen (secondary N) is 2. The molecule has 4 rings (SSSR count). The van der Waals surface area contributed by atoms with Gasteiger partial charge in [0.2, 0.25) is 0 Å². The Morgan fingerprint density at radius 1 is 1.15 bits per heavy atom. The minimum Gasteiger partial charge on any atom is -0.371 e. The largest absolute Gasteiger partial charge is 0.371 e. The van der Waals surface area contributed by atoms with Crippen molar-refractivity contribution < 1.29 is 4.79 Å². The van der Waals surface area contributed by atoms with Crippen LogP contribution in [0.4, 0.5) is 5.69 Å². The molecule has 26 heavy (non-hydrogen) atoms. The average Bonchev–Trinajstić information content (AvgIpc) is 2.84. The molecule has 0 radical (unpaired) electrons. The molecule has 0 saturated carbocycles. The number of piperidine rings is 1. The summed E-state index contributed by atoms with van der Waals surface area (Å²) in [7, 11) is 1.93. The number of fused-ring (bicyclic) bond motifs is 1. The molecule has 0 atom stereocenters. The van der Waals surface area contributed by atoms with Crippen molar-refractivity contribution in [3.8, 4) is 0 Å². The highest BCUT2D eigenvalue weighted by Gasteiger charge is 2.21. The quantitative estimate of drug-likeness (QED) is 0.888. The second-order valence-corrected chi connectivity index (χ2v) is 7.57. The molecule has 2 aliphatic heterocycles. The Kier molecular flexibility index (Phi) is 5.11. The van der Waals surface area contributed by atoms with Crippen molar-refractivity contribution in [2.45, 2.75) is 44.6 Å². The van der Waals surface area contributed by atoms with Crippen LogP contribution in [0.5, 0.6) is 0 Å². The Labute approximate surface area is 154 Å². The Bertz CT molecular complexity index is 770. The first-order valence-electron chi connectivity index (χ1n) is 9.95.